The molecule has 3 nitrogen and oxygen atoms in total. The zero-order chi connectivity index (χ0) is 13.7. The first-order valence-corrected chi connectivity index (χ1v) is 6.47. The molecule has 2 aromatic rings. The average Bonchev–Trinajstić information content (AvgIpc) is 2.91. The number of ketones is 1. The molecule has 1 aromatic heterocycles. The smallest absolute Gasteiger partial charge is 0.166 e. The normalized spacial score (nSPS) is 12.6. The van der Waals surface area contributed by atoms with Gasteiger partial charge in [-0.2, -0.15) is 0 Å². The van der Waals surface area contributed by atoms with Crippen LogP contribution in [0.1, 0.15) is 23.0 Å². The zero-order valence-electron chi connectivity index (χ0n) is 11.4. The molecule has 0 aliphatic carbocycles. The summed E-state index contributed by atoms with van der Waals surface area (Å²) in [5, 5.41) is 0. The Balaban J connectivity index is 1.90. The van der Waals surface area contributed by atoms with Crippen molar-refractivity contribution in [3.8, 4) is 0 Å². The van der Waals surface area contributed by atoms with Gasteiger partial charge in [0.2, 0.25) is 0 Å². The predicted molar refractivity (Wildman–Crippen MR) is 75.0 cm³/mol. The van der Waals surface area contributed by atoms with Crippen LogP contribution in [0.25, 0.3) is 0 Å². The van der Waals surface area contributed by atoms with E-state index in [1.54, 1.807) is 6.26 Å². The monoisotopic (exact) mass is 257 g/mol. The summed E-state index contributed by atoms with van der Waals surface area (Å²) in [6.07, 6.45) is 1.67. The molecule has 0 aliphatic heterocycles. The van der Waals surface area contributed by atoms with Crippen molar-refractivity contribution < 1.29 is 9.21 Å². The Hall–Kier alpha value is -1.87. The lowest BCUT2D eigenvalue weighted by atomic mass is 9.99. The van der Waals surface area contributed by atoms with E-state index >= 15 is 0 Å². The lowest BCUT2D eigenvalue weighted by molar-refractivity contribution is 0.0898. The molecule has 0 spiro atoms. The van der Waals surface area contributed by atoms with E-state index in [-0.39, 0.29) is 11.7 Å². The second-order valence-electron chi connectivity index (χ2n) is 4.91. The highest BCUT2D eigenvalue weighted by atomic mass is 16.3. The molecule has 0 N–H and O–H groups in total. The first kappa shape index (κ1) is 13.6. The van der Waals surface area contributed by atoms with Crippen LogP contribution in [0.5, 0.6) is 0 Å². The fraction of sp³-hybridized carbons (Fsp3) is 0.312. The van der Waals surface area contributed by atoms with Crippen LogP contribution in [-0.2, 0) is 6.54 Å². The van der Waals surface area contributed by atoms with Gasteiger partial charge >= 0.3 is 0 Å². The quantitative estimate of drug-likeness (QED) is 0.745. The Morgan fingerprint density at radius 2 is 1.95 bits per heavy atom. The number of hydrogen-bond acceptors (Lipinski definition) is 3. The topological polar surface area (TPSA) is 33.5 Å². The summed E-state index contributed by atoms with van der Waals surface area (Å²) < 4.78 is 5.30. The SMILES string of the molecule is CC(CN(C)Cc1ccco1)C(=O)c1ccccc1. The molecular formula is C16H19NO2. The molecule has 0 saturated carbocycles. The second kappa shape index (κ2) is 6.34. The number of benzene rings is 1. The van der Waals surface area contributed by atoms with Gasteiger partial charge in [0.1, 0.15) is 5.76 Å². The molecule has 1 heterocycles. The zero-order valence-corrected chi connectivity index (χ0v) is 11.4. The molecule has 1 aromatic carbocycles. The fourth-order valence-corrected chi connectivity index (χ4v) is 2.17. The minimum Gasteiger partial charge on any atom is -0.468 e. The second-order valence-corrected chi connectivity index (χ2v) is 4.91. The molecule has 1 unspecified atom stereocenters. The van der Waals surface area contributed by atoms with Crippen LogP contribution in [0.2, 0.25) is 0 Å². The third-order valence-electron chi connectivity index (χ3n) is 3.10. The van der Waals surface area contributed by atoms with E-state index in [1.165, 1.54) is 0 Å². The lowest BCUT2D eigenvalue weighted by Gasteiger charge is -2.19. The van der Waals surface area contributed by atoms with Gasteiger partial charge < -0.3 is 4.42 Å². The molecule has 0 bridgehead atoms. The lowest BCUT2D eigenvalue weighted by Crippen LogP contribution is -2.28. The Morgan fingerprint density at radius 1 is 1.21 bits per heavy atom. The molecule has 2 rings (SSSR count). The van der Waals surface area contributed by atoms with Crippen LogP contribution in [0, 0.1) is 5.92 Å². The number of Topliss-reactive ketones (excluding diaryl/α,β-unsaturated/α-hetero) is 1. The van der Waals surface area contributed by atoms with E-state index in [0.717, 1.165) is 17.9 Å². The van der Waals surface area contributed by atoms with Gasteiger partial charge in [-0.15, -0.1) is 0 Å². The highest BCUT2D eigenvalue weighted by Gasteiger charge is 2.17. The van der Waals surface area contributed by atoms with Crippen LogP contribution in [0.3, 0.4) is 0 Å². The summed E-state index contributed by atoms with van der Waals surface area (Å²) in [4.78, 5) is 14.3. The predicted octanol–water partition coefficient (Wildman–Crippen LogP) is 3.23. The van der Waals surface area contributed by atoms with Crippen molar-refractivity contribution in [1.82, 2.24) is 4.90 Å². The maximum atomic E-state index is 12.2. The van der Waals surface area contributed by atoms with Gasteiger partial charge in [0, 0.05) is 18.0 Å². The minimum atomic E-state index is -0.0256. The summed E-state index contributed by atoms with van der Waals surface area (Å²) in [6, 6.07) is 13.3. The van der Waals surface area contributed by atoms with E-state index in [9.17, 15) is 4.79 Å². The van der Waals surface area contributed by atoms with Crippen molar-refractivity contribution in [2.45, 2.75) is 13.5 Å². The number of hydrogen-bond donors (Lipinski definition) is 0. The Kier molecular flexibility index (Phi) is 4.53. The number of nitrogens with zero attached hydrogens (tertiary/aromatic N) is 1. The molecular weight excluding hydrogens is 238 g/mol. The number of rotatable bonds is 6. The Bertz CT molecular complexity index is 505. The Labute approximate surface area is 113 Å². The van der Waals surface area contributed by atoms with Gasteiger partial charge in [-0.1, -0.05) is 37.3 Å². The summed E-state index contributed by atoms with van der Waals surface area (Å²) in [5.41, 5.74) is 0.779. The standard InChI is InChI=1S/C16H19NO2/c1-13(16(18)14-7-4-3-5-8-14)11-17(2)12-15-9-6-10-19-15/h3-10,13H,11-12H2,1-2H3. The summed E-state index contributed by atoms with van der Waals surface area (Å²) in [7, 11) is 2.00. The van der Waals surface area contributed by atoms with Crippen LogP contribution in [0.4, 0.5) is 0 Å². The molecule has 0 fully saturated rings. The molecule has 19 heavy (non-hydrogen) atoms. The van der Waals surface area contributed by atoms with Crippen molar-refractivity contribution in [3.05, 3.63) is 60.1 Å². The molecule has 1 atom stereocenters. The first-order valence-electron chi connectivity index (χ1n) is 6.47. The average molecular weight is 257 g/mol. The van der Waals surface area contributed by atoms with Gasteiger partial charge in [-0.05, 0) is 19.2 Å². The summed E-state index contributed by atoms with van der Waals surface area (Å²) in [6.45, 7) is 3.40. The van der Waals surface area contributed by atoms with Crippen molar-refractivity contribution in [2.24, 2.45) is 5.92 Å². The van der Waals surface area contributed by atoms with Crippen molar-refractivity contribution in [1.29, 1.82) is 0 Å². The van der Waals surface area contributed by atoms with Crippen molar-refractivity contribution >= 4 is 5.78 Å². The number of furan rings is 1. The van der Waals surface area contributed by atoms with Crippen molar-refractivity contribution in [3.63, 3.8) is 0 Å². The molecule has 3 heteroatoms. The van der Waals surface area contributed by atoms with Crippen LogP contribution in [0.15, 0.2) is 53.1 Å². The molecule has 0 saturated heterocycles. The highest BCUT2D eigenvalue weighted by Crippen LogP contribution is 2.11. The maximum absolute atomic E-state index is 12.2. The van der Waals surface area contributed by atoms with E-state index in [2.05, 4.69) is 4.90 Å². The minimum absolute atomic E-state index is 0.0256. The van der Waals surface area contributed by atoms with E-state index in [1.807, 2.05) is 56.4 Å². The summed E-state index contributed by atoms with van der Waals surface area (Å²) in [5.74, 6) is 1.08. The van der Waals surface area contributed by atoms with Gasteiger partial charge in [0.25, 0.3) is 0 Å². The summed E-state index contributed by atoms with van der Waals surface area (Å²) >= 11 is 0. The molecule has 0 amide bonds. The molecule has 0 radical (unpaired) electrons. The van der Waals surface area contributed by atoms with Gasteiger partial charge in [-0.3, -0.25) is 9.69 Å². The van der Waals surface area contributed by atoms with Gasteiger partial charge in [0.05, 0.1) is 12.8 Å². The van der Waals surface area contributed by atoms with Crippen molar-refractivity contribution in [2.75, 3.05) is 13.6 Å². The molecule has 100 valence electrons. The number of carbonyl (C=O) groups is 1. The molecule has 0 aliphatic rings. The van der Waals surface area contributed by atoms with E-state index in [4.69, 9.17) is 4.42 Å². The third-order valence-corrected chi connectivity index (χ3v) is 3.10. The highest BCUT2D eigenvalue weighted by molar-refractivity contribution is 5.97. The van der Waals surface area contributed by atoms with E-state index in [0.29, 0.717) is 6.54 Å². The van der Waals surface area contributed by atoms with Gasteiger partial charge in [-0.25, -0.2) is 0 Å². The first-order chi connectivity index (χ1) is 9.16. The maximum Gasteiger partial charge on any atom is 0.166 e. The number of carbonyl (C=O) groups excluding carboxylic acids is 1. The van der Waals surface area contributed by atoms with Crippen LogP contribution in [-0.4, -0.2) is 24.3 Å². The van der Waals surface area contributed by atoms with Gasteiger partial charge in [0.15, 0.2) is 5.78 Å². The Morgan fingerprint density at radius 3 is 2.58 bits per heavy atom. The van der Waals surface area contributed by atoms with E-state index < -0.39 is 0 Å². The fourth-order valence-electron chi connectivity index (χ4n) is 2.17. The van der Waals surface area contributed by atoms with Crippen LogP contribution >= 0.6 is 0 Å². The largest absolute Gasteiger partial charge is 0.468 e. The third kappa shape index (κ3) is 3.80. The van der Waals surface area contributed by atoms with Crippen LogP contribution < -0.4 is 0 Å².